The fourth-order valence-electron chi connectivity index (χ4n) is 2.99. The molecule has 0 aliphatic carbocycles. The number of nitro benzene ring substituents is 1. The first-order valence-electron chi connectivity index (χ1n) is 10.7. The van der Waals surface area contributed by atoms with Crippen LogP contribution in [0.2, 0.25) is 5.02 Å². The third-order valence-electron chi connectivity index (χ3n) is 4.57. The van der Waals surface area contributed by atoms with Crippen molar-refractivity contribution < 1.29 is 19.2 Å². The number of carbonyl (C=O) groups is 1. The van der Waals surface area contributed by atoms with E-state index in [9.17, 15) is 20.2 Å². The topological polar surface area (TPSA) is 114 Å². The van der Waals surface area contributed by atoms with Crippen molar-refractivity contribution in [3.8, 4) is 17.6 Å². The van der Waals surface area contributed by atoms with Crippen LogP contribution in [0.15, 0.2) is 42.0 Å². The van der Waals surface area contributed by atoms with E-state index >= 15 is 0 Å². The zero-order valence-electron chi connectivity index (χ0n) is 18.6. The second kappa shape index (κ2) is 13.1. The predicted molar refractivity (Wildman–Crippen MR) is 128 cm³/mol. The van der Waals surface area contributed by atoms with E-state index in [1.54, 1.807) is 12.1 Å². The molecule has 0 saturated carbocycles. The Morgan fingerprint density at radius 3 is 2.67 bits per heavy atom. The molecular formula is C24H26ClN3O5. The second-order valence-electron chi connectivity index (χ2n) is 7.10. The van der Waals surface area contributed by atoms with Gasteiger partial charge in [-0.15, -0.1) is 0 Å². The summed E-state index contributed by atoms with van der Waals surface area (Å²) >= 11 is 6.41. The molecule has 0 aliphatic heterocycles. The molecule has 0 fully saturated rings. The molecule has 2 aromatic rings. The molecule has 0 heterocycles. The molecule has 2 rings (SSSR count). The number of carbonyl (C=O) groups excluding carboxylic acids is 1. The highest BCUT2D eigenvalue weighted by atomic mass is 35.5. The number of nitrogens with zero attached hydrogens (tertiary/aromatic N) is 2. The van der Waals surface area contributed by atoms with Crippen LogP contribution in [0.5, 0.6) is 11.5 Å². The van der Waals surface area contributed by atoms with Gasteiger partial charge in [0.1, 0.15) is 11.6 Å². The van der Waals surface area contributed by atoms with E-state index < -0.39 is 10.8 Å². The maximum Gasteiger partial charge on any atom is 0.271 e. The number of nitrogens with one attached hydrogen (secondary N) is 1. The molecule has 1 amide bonds. The molecule has 0 radical (unpaired) electrons. The maximum absolute atomic E-state index is 12.6. The molecule has 174 valence electrons. The molecule has 0 unspecified atom stereocenters. The Morgan fingerprint density at radius 2 is 2.00 bits per heavy atom. The average Bonchev–Trinajstić information content (AvgIpc) is 2.79. The average molecular weight is 472 g/mol. The van der Waals surface area contributed by atoms with Crippen molar-refractivity contribution in [3.05, 3.63) is 62.7 Å². The van der Waals surface area contributed by atoms with E-state index in [0.717, 1.165) is 25.7 Å². The Balaban J connectivity index is 2.23. The quantitative estimate of drug-likeness (QED) is 0.130. The highest BCUT2D eigenvalue weighted by Crippen LogP contribution is 2.37. The third-order valence-corrected chi connectivity index (χ3v) is 4.85. The van der Waals surface area contributed by atoms with Crippen molar-refractivity contribution in [2.45, 2.75) is 39.5 Å². The molecule has 9 heteroatoms. The van der Waals surface area contributed by atoms with Gasteiger partial charge in [0.05, 0.1) is 23.2 Å². The summed E-state index contributed by atoms with van der Waals surface area (Å²) in [5, 5.41) is 23.2. The summed E-state index contributed by atoms with van der Waals surface area (Å²) in [6, 6.07) is 10.5. The van der Waals surface area contributed by atoms with E-state index in [0.29, 0.717) is 35.3 Å². The van der Waals surface area contributed by atoms with Crippen LogP contribution >= 0.6 is 11.6 Å². The van der Waals surface area contributed by atoms with E-state index in [4.69, 9.17) is 21.1 Å². The van der Waals surface area contributed by atoms with Crippen LogP contribution in [0.1, 0.15) is 45.1 Å². The summed E-state index contributed by atoms with van der Waals surface area (Å²) in [6.07, 6.45) is 5.58. The summed E-state index contributed by atoms with van der Waals surface area (Å²) in [7, 11) is 0. The molecule has 0 atom stereocenters. The standard InChI is InChI=1S/C24H26ClN3O5/c1-3-5-6-7-11-33-23-21(25)13-17(14-22(23)32-4-2)12-18(16-26)24(29)27-19-9-8-10-20(15-19)28(30)31/h8-10,12-15H,3-7,11H2,1-2H3,(H,27,29). The van der Waals surface area contributed by atoms with Crippen molar-refractivity contribution in [1.29, 1.82) is 5.26 Å². The molecular weight excluding hydrogens is 446 g/mol. The Hall–Kier alpha value is -3.57. The molecule has 0 aliphatic rings. The first kappa shape index (κ1) is 25.7. The van der Waals surface area contributed by atoms with Crippen LogP contribution in [-0.2, 0) is 4.79 Å². The Morgan fingerprint density at radius 1 is 1.21 bits per heavy atom. The van der Waals surface area contributed by atoms with Crippen LogP contribution in [0.3, 0.4) is 0 Å². The fraction of sp³-hybridized carbons (Fsp3) is 0.333. The molecule has 0 aromatic heterocycles. The van der Waals surface area contributed by atoms with Crippen molar-refractivity contribution in [1.82, 2.24) is 0 Å². The third kappa shape index (κ3) is 7.81. The molecule has 8 nitrogen and oxygen atoms in total. The number of hydrogen-bond acceptors (Lipinski definition) is 6. The van der Waals surface area contributed by atoms with E-state index in [1.165, 1.54) is 30.3 Å². The lowest BCUT2D eigenvalue weighted by molar-refractivity contribution is -0.384. The largest absolute Gasteiger partial charge is 0.490 e. The first-order valence-corrected chi connectivity index (χ1v) is 11.0. The second-order valence-corrected chi connectivity index (χ2v) is 7.51. The van der Waals surface area contributed by atoms with Crippen molar-refractivity contribution in [2.24, 2.45) is 0 Å². The minimum atomic E-state index is -0.705. The smallest absolute Gasteiger partial charge is 0.271 e. The monoisotopic (exact) mass is 471 g/mol. The minimum absolute atomic E-state index is 0.172. The van der Waals surface area contributed by atoms with Gasteiger partial charge in [-0.1, -0.05) is 43.9 Å². The number of hydrogen-bond donors (Lipinski definition) is 1. The lowest BCUT2D eigenvalue weighted by Gasteiger charge is -2.14. The highest BCUT2D eigenvalue weighted by molar-refractivity contribution is 6.32. The van der Waals surface area contributed by atoms with Gasteiger partial charge in [0, 0.05) is 17.8 Å². The number of nitriles is 1. The van der Waals surface area contributed by atoms with Crippen LogP contribution < -0.4 is 14.8 Å². The number of nitro groups is 1. The van der Waals surface area contributed by atoms with Gasteiger partial charge < -0.3 is 14.8 Å². The molecule has 0 saturated heterocycles. The zero-order valence-corrected chi connectivity index (χ0v) is 19.4. The fourth-order valence-corrected chi connectivity index (χ4v) is 3.26. The Bertz CT molecular complexity index is 1060. The lowest BCUT2D eigenvalue weighted by atomic mass is 10.1. The Labute approximate surface area is 197 Å². The summed E-state index contributed by atoms with van der Waals surface area (Å²) in [5.41, 5.74) is 0.310. The number of ether oxygens (including phenoxy) is 2. The van der Waals surface area contributed by atoms with Gasteiger partial charge in [-0.3, -0.25) is 14.9 Å². The minimum Gasteiger partial charge on any atom is -0.490 e. The highest BCUT2D eigenvalue weighted by Gasteiger charge is 2.15. The van der Waals surface area contributed by atoms with E-state index in [1.807, 2.05) is 13.0 Å². The SMILES string of the molecule is CCCCCCOc1c(Cl)cc(C=C(C#N)C(=O)Nc2cccc([N+](=O)[O-])c2)cc1OCC. The van der Waals surface area contributed by atoms with Gasteiger partial charge in [0.15, 0.2) is 11.5 Å². The van der Waals surface area contributed by atoms with Crippen molar-refractivity contribution in [3.63, 3.8) is 0 Å². The van der Waals surface area contributed by atoms with Gasteiger partial charge in [-0.2, -0.15) is 5.26 Å². The van der Waals surface area contributed by atoms with Crippen LogP contribution in [-0.4, -0.2) is 24.0 Å². The van der Waals surface area contributed by atoms with Crippen molar-refractivity contribution >= 4 is 35.0 Å². The maximum atomic E-state index is 12.6. The summed E-state index contributed by atoms with van der Waals surface area (Å²) in [4.78, 5) is 22.9. The molecule has 0 spiro atoms. The van der Waals surface area contributed by atoms with Crippen LogP contribution in [0, 0.1) is 21.4 Å². The zero-order chi connectivity index (χ0) is 24.2. The normalized spacial score (nSPS) is 10.9. The van der Waals surface area contributed by atoms with E-state index in [-0.39, 0.29) is 16.9 Å². The number of halogens is 1. The number of unbranched alkanes of at least 4 members (excludes halogenated alkanes) is 3. The molecule has 2 aromatic carbocycles. The lowest BCUT2D eigenvalue weighted by Crippen LogP contribution is -2.13. The van der Waals surface area contributed by atoms with E-state index in [2.05, 4.69) is 12.2 Å². The van der Waals surface area contributed by atoms with Crippen molar-refractivity contribution in [2.75, 3.05) is 18.5 Å². The van der Waals surface area contributed by atoms with Gasteiger partial charge in [0.25, 0.3) is 11.6 Å². The summed E-state index contributed by atoms with van der Waals surface area (Å²) in [6.45, 7) is 4.85. The number of anilines is 1. The number of rotatable bonds is 12. The predicted octanol–water partition coefficient (Wildman–Crippen LogP) is 6.15. The summed E-state index contributed by atoms with van der Waals surface area (Å²) < 4.78 is 11.5. The number of benzene rings is 2. The van der Waals surface area contributed by atoms with Gasteiger partial charge in [-0.25, -0.2) is 0 Å². The van der Waals surface area contributed by atoms with Gasteiger partial charge in [0.2, 0.25) is 0 Å². The molecule has 1 N–H and O–H groups in total. The molecule has 0 bridgehead atoms. The van der Waals surface area contributed by atoms with Gasteiger partial charge >= 0.3 is 0 Å². The van der Waals surface area contributed by atoms with Gasteiger partial charge in [-0.05, 0) is 43.2 Å². The van der Waals surface area contributed by atoms with Crippen LogP contribution in [0.4, 0.5) is 11.4 Å². The number of amides is 1. The molecule has 33 heavy (non-hydrogen) atoms. The van der Waals surface area contributed by atoms with Crippen LogP contribution in [0.25, 0.3) is 6.08 Å². The Kier molecular flexibility index (Phi) is 10.2. The summed E-state index contributed by atoms with van der Waals surface area (Å²) in [5.74, 6) is 0.137. The first-order chi connectivity index (χ1) is 15.9. The number of non-ortho nitro benzene ring substituents is 1.